The standard InChI is InChI=1S/C4H8NO3P.2Na/c1-4(6)5(2)3-9(7)8;;/h3H2,1-2H3;;/q-2;2*+1. The Labute approximate surface area is 112 Å². The number of carbonyl (C=O) groups excluding carboxylic acids is 1. The minimum atomic E-state index is -2.47. The second-order valence-electron chi connectivity index (χ2n) is 1.69. The largest absolute Gasteiger partial charge is 1.00 e. The maximum Gasteiger partial charge on any atom is 1.00 e. The second kappa shape index (κ2) is 9.90. The fourth-order valence-corrected chi connectivity index (χ4v) is 0.818. The molecule has 11 heavy (non-hydrogen) atoms. The van der Waals surface area contributed by atoms with Crippen LogP contribution >= 0.6 is 8.38 Å². The Hall–Kier alpha value is 1.82. The van der Waals surface area contributed by atoms with E-state index >= 15 is 0 Å². The van der Waals surface area contributed by atoms with Crippen molar-refractivity contribution in [3.8, 4) is 0 Å². The van der Waals surface area contributed by atoms with Crippen LogP contribution in [0.5, 0.6) is 0 Å². The molecular formula is C4H8NNa2O3P. The molecular weight excluding hydrogens is 187 g/mol. The summed E-state index contributed by atoms with van der Waals surface area (Å²) < 4.78 is 0. The molecule has 0 aromatic heterocycles. The first-order valence-electron chi connectivity index (χ1n) is 2.37. The number of rotatable bonds is 2. The van der Waals surface area contributed by atoms with Gasteiger partial charge in [-0.2, -0.15) is 0 Å². The van der Waals surface area contributed by atoms with Gasteiger partial charge < -0.3 is 14.7 Å². The molecule has 0 rings (SSSR count). The minimum absolute atomic E-state index is 0. The average Bonchev–Trinajstić information content (AvgIpc) is 1.63. The zero-order valence-electron chi connectivity index (χ0n) is 7.33. The van der Waals surface area contributed by atoms with Gasteiger partial charge in [-0.25, -0.2) is 0 Å². The van der Waals surface area contributed by atoms with Crippen molar-refractivity contribution in [1.29, 1.82) is 0 Å². The van der Waals surface area contributed by atoms with Gasteiger partial charge in [0.15, 0.2) is 0 Å². The molecule has 0 bridgehead atoms. The number of hydrogen-bond donors (Lipinski definition) is 0. The molecule has 0 atom stereocenters. The molecule has 0 aliphatic rings. The van der Waals surface area contributed by atoms with Crippen LogP contribution in [-0.4, -0.2) is 24.1 Å². The number of hydrogen-bond acceptors (Lipinski definition) is 3. The quantitative estimate of drug-likeness (QED) is 0.324. The van der Waals surface area contributed by atoms with Crippen molar-refractivity contribution in [2.24, 2.45) is 0 Å². The summed E-state index contributed by atoms with van der Waals surface area (Å²) in [5.41, 5.74) is 0. The van der Waals surface area contributed by atoms with Crippen molar-refractivity contribution < 1.29 is 73.7 Å². The molecule has 0 unspecified atom stereocenters. The van der Waals surface area contributed by atoms with Gasteiger partial charge in [-0.05, 0) is 0 Å². The van der Waals surface area contributed by atoms with Crippen molar-refractivity contribution in [2.75, 3.05) is 13.3 Å². The molecule has 0 aliphatic carbocycles. The molecule has 0 N–H and O–H groups in total. The summed E-state index contributed by atoms with van der Waals surface area (Å²) in [7, 11) is -1.03. The molecule has 0 fully saturated rings. The topological polar surface area (TPSA) is 66.4 Å². The summed E-state index contributed by atoms with van der Waals surface area (Å²) in [5, 5.41) is 0. The Kier molecular flexibility index (Phi) is 16.7. The summed E-state index contributed by atoms with van der Waals surface area (Å²) in [6, 6.07) is 0. The fourth-order valence-electron chi connectivity index (χ4n) is 0.273. The van der Waals surface area contributed by atoms with Gasteiger partial charge in [0.05, 0.1) is 0 Å². The first-order chi connectivity index (χ1) is 4.04. The monoisotopic (exact) mass is 195 g/mol. The zero-order valence-corrected chi connectivity index (χ0v) is 12.2. The molecule has 0 spiro atoms. The average molecular weight is 195 g/mol. The Morgan fingerprint density at radius 3 is 1.91 bits per heavy atom. The van der Waals surface area contributed by atoms with Crippen molar-refractivity contribution in [3.63, 3.8) is 0 Å². The van der Waals surface area contributed by atoms with Crippen molar-refractivity contribution in [3.05, 3.63) is 0 Å². The van der Waals surface area contributed by atoms with E-state index in [9.17, 15) is 14.6 Å². The molecule has 0 aromatic rings. The van der Waals surface area contributed by atoms with Gasteiger partial charge in [0.2, 0.25) is 5.91 Å². The molecule has 7 heteroatoms. The van der Waals surface area contributed by atoms with E-state index in [0.717, 1.165) is 4.90 Å². The SMILES string of the molecule is CC(=O)N(C)CP([O-])[O-].[Na+].[Na+]. The zero-order chi connectivity index (χ0) is 7.44. The Balaban J connectivity index is -0.000000320. The summed E-state index contributed by atoms with van der Waals surface area (Å²) in [6.45, 7) is 1.32. The van der Waals surface area contributed by atoms with E-state index in [1.54, 1.807) is 0 Å². The summed E-state index contributed by atoms with van der Waals surface area (Å²) in [6.07, 6.45) is -0.190. The van der Waals surface area contributed by atoms with E-state index in [1.165, 1.54) is 14.0 Å². The third kappa shape index (κ3) is 11.8. The maximum atomic E-state index is 10.3. The van der Waals surface area contributed by atoms with Crippen molar-refractivity contribution in [2.45, 2.75) is 6.92 Å². The van der Waals surface area contributed by atoms with Crippen LogP contribution in [0.1, 0.15) is 6.92 Å². The molecule has 0 heterocycles. The maximum absolute atomic E-state index is 10.3. The van der Waals surface area contributed by atoms with Crippen LogP contribution in [0.4, 0.5) is 0 Å². The second-order valence-corrected chi connectivity index (χ2v) is 2.64. The Morgan fingerprint density at radius 2 is 1.82 bits per heavy atom. The smallest absolute Gasteiger partial charge is 0.840 e. The van der Waals surface area contributed by atoms with Gasteiger partial charge in [0.25, 0.3) is 0 Å². The Bertz CT molecular complexity index is 114. The van der Waals surface area contributed by atoms with Gasteiger partial charge in [-0.3, -0.25) is 13.2 Å². The Morgan fingerprint density at radius 1 is 1.45 bits per heavy atom. The summed E-state index contributed by atoms with van der Waals surface area (Å²) in [4.78, 5) is 31.4. The van der Waals surface area contributed by atoms with Crippen molar-refractivity contribution in [1.82, 2.24) is 4.90 Å². The molecule has 4 nitrogen and oxygen atoms in total. The number of carbonyl (C=O) groups is 1. The van der Waals surface area contributed by atoms with E-state index in [4.69, 9.17) is 0 Å². The van der Waals surface area contributed by atoms with Crippen LogP contribution in [0.25, 0.3) is 0 Å². The normalized spacial score (nSPS) is 8.09. The molecule has 1 amide bonds. The molecule has 0 aliphatic heterocycles. The number of nitrogens with zero attached hydrogens (tertiary/aromatic N) is 1. The van der Waals surface area contributed by atoms with Crippen LogP contribution in [0, 0.1) is 0 Å². The summed E-state index contributed by atoms with van der Waals surface area (Å²) in [5.74, 6) is -0.241. The number of amides is 1. The van der Waals surface area contributed by atoms with E-state index in [0.29, 0.717) is 0 Å². The predicted molar refractivity (Wildman–Crippen MR) is 30.2 cm³/mol. The molecule has 54 valence electrons. The third-order valence-electron chi connectivity index (χ3n) is 0.865. The van der Waals surface area contributed by atoms with Gasteiger partial charge in [-0.15, -0.1) is 0 Å². The van der Waals surface area contributed by atoms with Gasteiger partial charge in [0, 0.05) is 20.3 Å². The van der Waals surface area contributed by atoms with Crippen LogP contribution in [0.15, 0.2) is 0 Å². The van der Waals surface area contributed by atoms with Crippen LogP contribution in [0.3, 0.4) is 0 Å². The van der Waals surface area contributed by atoms with Crippen molar-refractivity contribution >= 4 is 14.3 Å². The van der Waals surface area contributed by atoms with Gasteiger partial charge >= 0.3 is 59.1 Å². The predicted octanol–water partition coefficient (Wildman–Crippen LogP) is -7.54. The van der Waals surface area contributed by atoms with Crippen LogP contribution in [-0.2, 0) is 4.79 Å². The van der Waals surface area contributed by atoms with E-state index < -0.39 is 8.38 Å². The molecule has 0 radical (unpaired) electrons. The first kappa shape index (κ1) is 18.6. The minimum Gasteiger partial charge on any atom is -0.840 e. The summed E-state index contributed by atoms with van der Waals surface area (Å²) >= 11 is 0. The fraction of sp³-hybridized carbons (Fsp3) is 0.750. The van der Waals surface area contributed by atoms with E-state index in [2.05, 4.69) is 0 Å². The van der Waals surface area contributed by atoms with E-state index in [-0.39, 0.29) is 71.3 Å². The van der Waals surface area contributed by atoms with Crippen LogP contribution < -0.4 is 68.9 Å². The van der Waals surface area contributed by atoms with Gasteiger partial charge in [0.1, 0.15) is 0 Å². The van der Waals surface area contributed by atoms with Crippen LogP contribution in [0.2, 0.25) is 0 Å². The van der Waals surface area contributed by atoms with E-state index in [1.807, 2.05) is 0 Å². The molecule has 0 saturated heterocycles. The molecule has 0 saturated carbocycles. The van der Waals surface area contributed by atoms with Gasteiger partial charge in [-0.1, -0.05) is 0 Å². The first-order valence-corrected chi connectivity index (χ1v) is 3.74. The third-order valence-corrected chi connectivity index (χ3v) is 1.52. The molecule has 0 aromatic carbocycles.